The molecule has 1 saturated heterocycles. The molecule has 0 spiro atoms. The first-order chi connectivity index (χ1) is 14.4. The fraction of sp³-hybridized carbons (Fsp3) is 0.292. The van der Waals surface area contributed by atoms with E-state index in [4.69, 9.17) is 0 Å². The molecule has 0 saturated carbocycles. The Kier molecular flexibility index (Phi) is 5.88. The van der Waals surface area contributed by atoms with Crippen LogP contribution in [0.3, 0.4) is 0 Å². The number of hydrogen-bond acceptors (Lipinski definition) is 3. The van der Waals surface area contributed by atoms with Crippen LogP contribution in [0, 0.1) is 5.92 Å². The first kappa shape index (κ1) is 20.6. The van der Waals surface area contributed by atoms with Crippen LogP contribution in [-0.4, -0.2) is 31.7 Å². The van der Waals surface area contributed by atoms with Crippen molar-refractivity contribution in [3.05, 3.63) is 78.4 Å². The average Bonchev–Trinajstić information content (AvgIpc) is 2.79. The van der Waals surface area contributed by atoms with Crippen LogP contribution in [0.1, 0.15) is 31.4 Å². The molecule has 1 aliphatic rings. The molecule has 6 heteroatoms. The van der Waals surface area contributed by atoms with Crippen molar-refractivity contribution in [3.63, 3.8) is 0 Å². The van der Waals surface area contributed by atoms with Crippen LogP contribution < -0.4 is 5.32 Å². The van der Waals surface area contributed by atoms with Gasteiger partial charge in [-0.15, -0.1) is 0 Å². The molecule has 0 radical (unpaired) electrons. The third-order valence-corrected chi connectivity index (χ3v) is 7.75. The largest absolute Gasteiger partial charge is 0.349 e. The molecule has 4 rings (SSSR count). The molecule has 0 unspecified atom stereocenters. The Labute approximate surface area is 177 Å². The van der Waals surface area contributed by atoms with Crippen LogP contribution in [0.15, 0.2) is 77.7 Å². The molecule has 3 aromatic rings. The molecule has 0 aromatic heterocycles. The fourth-order valence-electron chi connectivity index (χ4n) is 3.99. The monoisotopic (exact) mass is 422 g/mol. The average molecular weight is 423 g/mol. The lowest BCUT2D eigenvalue weighted by molar-refractivity contribution is -0.126. The lowest BCUT2D eigenvalue weighted by Crippen LogP contribution is -2.43. The van der Waals surface area contributed by atoms with Gasteiger partial charge in [0.2, 0.25) is 15.9 Å². The standard InChI is InChI=1S/C24H26N2O3S/c1-18(21-12-11-19-7-5-6-8-22(19)17-21)25-24(27)20-13-15-26(16-14-20)30(28,29)23-9-3-2-4-10-23/h2-12,17-18,20H,13-16H2,1H3,(H,25,27)/t18-/m0/s1. The van der Waals surface area contributed by atoms with Gasteiger partial charge < -0.3 is 5.32 Å². The molecule has 1 heterocycles. The van der Waals surface area contributed by atoms with Gasteiger partial charge in [0, 0.05) is 19.0 Å². The van der Waals surface area contributed by atoms with Crippen LogP contribution in [-0.2, 0) is 14.8 Å². The second kappa shape index (κ2) is 8.58. The van der Waals surface area contributed by atoms with Crippen LogP contribution in [0.25, 0.3) is 10.8 Å². The number of piperidine rings is 1. The van der Waals surface area contributed by atoms with Crippen molar-refractivity contribution in [1.82, 2.24) is 9.62 Å². The van der Waals surface area contributed by atoms with E-state index in [9.17, 15) is 13.2 Å². The van der Waals surface area contributed by atoms with Crippen LogP contribution in [0.4, 0.5) is 0 Å². The maximum absolute atomic E-state index is 12.8. The maximum Gasteiger partial charge on any atom is 0.243 e. The van der Waals surface area contributed by atoms with E-state index in [-0.39, 0.29) is 17.9 Å². The number of amides is 1. The molecule has 1 atom stereocenters. The Morgan fingerprint density at radius 2 is 1.57 bits per heavy atom. The van der Waals surface area contributed by atoms with Crippen LogP contribution >= 0.6 is 0 Å². The summed E-state index contributed by atoms with van der Waals surface area (Å²) in [4.78, 5) is 13.1. The van der Waals surface area contributed by atoms with Gasteiger partial charge in [-0.2, -0.15) is 4.31 Å². The molecule has 0 bridgehead atoms. The van der Waals surface area contributed by atoms with Crippen LogP contribution in [0.2, 0.25) is 0 Å². The van der Waals surface area contributed by atoms with E-state index in [0.29, 0.717) is 30.8 Å². The van der Waals surface area contributed by atoms with Gasteiger partial charge in [0.05, 0.1) is 10.9 Å². The summed E-state index contributed by atoms with van der Waals surface area (Å²) in [6.07, 6.45) is 1.06. The van der Waals surface area contributed by atoms with Crippen molar-refractivity contribution in [1.29, 1.82) is 0 Å². The first-order valence-corrected chi connectivity index (χ1v) is 11.7. The van der Waals surface area contributed by atoms with E-state index in [2.05, 4.69) is 29.6 Å². The van der Waals surface area contributed by atoms with Gasteiger partial charge >= 0.3 is 0 Å². The van der Waals surface area contributed by atoms with Gasteiger partial charge in [-0.05, 0) is 54.3 Å². The summed E-state index contributed by atoms with van der Waals surface area (Å²) in [5.41, 5.74) is 1.06. The fourth-order valence-corrected chi connectivity index (χ4v) is 5.48. The summed E-state index contributed by atoms with van der Waals surface area (Å²) in [7, 11) is -3.50. The molecular weight excluding hydrogens is 396 g/mol. The zero-order valence-corrected chi connectivity index (χ0v) is 17.8. The van der Waals surface area contributed by atoms with Crippen molar-refractivity contribution in [3.8, 4) is 0 Å². The zero-order chi connectivity index (χ0) is 21.1. The van der Waals surface area contributed by atoms with Gasteiger partial charge in [-0.3, -0.25) is 4.79 Å². The SMILES string of the molecule is C[C@H](NC(=O)C1CCN(S(=O)(=O)c2ccccc2)CC1)c1ccc2ccccc2c1. The van der Waals surface area contributed by atoms with Gasteiger partial charge in [0.1, 0.15) is 0 Å². The Balaban J connectivity index is 1.37. The Bertz CT molecular complexity index is 1140. The number of carbonyl (C=O) groups excluding carboxylic acids is 1. The lowest BCUT2D eigenvalue weighted by Gasteiger charge is -2.31. The molecule has 3 aromatic carbocycles. The van der Waals surface area contributed by atoms with E-state index in [1.54, 1.807) is 30.3 Å². The summed E-state index contributed by atoms with van der Waals surface area (Å²) in [6, 6.07) is 22.7. The number of carbonyl (C=O) groups is 1. The highest BCUT2D eigenvalue weighted by Gasteiger charge is 2.32. The third-order valence-electron chi connectivity index (χ3n) is 5.84. The molecule has 5 nitrogen and oxygen atoms in total. The maximum atomic E-state index is 12.8. The number of rotatable bonds is 5. The van der Waals surface area contributed by atoms with Crippen molar-refractivity contribution in [2.75, 3.05) is 13.1 Å². The number of sulfonamides is 1. The quantitative estimate of drug-likeness (QED) is 0.673. The summed E-state index contributed by atoms with van der Waals surface area (Å²) >= 11 is 0. The van der Waals surface area contributed by atoms with Crippen molar-refractivity contribution >= 4 is 26.7 Å². The highest BCUT2D eigenvalue weighted by atomic mass is 32.2. The molecule has 30 heavy (non-hydrogen) atoms. The minimum atomic E-state index is -3.50. The van der Waals surface area contributed by atoms with Gasteiger partial charge in [0.15, 0.2) is 0 Å². The molecule has 1 aliphatic heterocycles. The van der Waals surface area contributed by atoms with Gasteiger partial charge in [0.25, 0.3) is 0 Å². The van der Waals surface area contributed by atoms with E-state index in [1.807, 2.05) is 25.1 Å². The number of hydrogen-bond donors (Lipinski definition) is 1. The first-order valence-electron chi connectivity index (χ1n) is 10.3. The summed E-state index contributed by atoms with van der Waals surface area (Å²) in [5.74, 6) is -0.178. The number of nitrogens with one attached hydrogen (secondary N) is 1. The normalized spacial score (nSPS) is 17.0. The molecule has 0 aliphatic carbocycles. The van der Waals surface area contributed by atoms with Gasteiger partial charge in [-0.25, -0.2) is 8.42 Å². The topological polar surface area (TPSA) is 66.5 Å². The smallest absolute Gasteiger partial charge is 0.243 e. The molecule has 1 fully saturated rings. The van der Waals surface area contributed by atoms with E-state index in [1.165, 1.54) is 9.69 Å². The molecular formula is C24H26N2O3S. The minimum absolute atomic E-state index is 0.00702. The summed E-state index contributed by atoms with van der Waals surface area (Å²) in [5, 5.41) is 5.43. The molecule has 1 N–H and O–H groups in total. The number of benzene rings is 3. The second-order valence-corrected chi connectivity index (χ2v) is 9.77. The van der Waals surface area contributed by atoms with Crippen molar-refractivity contribution < 1.29 is 13.2 Å². The van der Waals surface area contributed by atoms with Crippen molar-refractivity contribution in [2.45, 2.75) is 30.7 Å². The van der Waals surface area contributed by atoms with E-state index < -0.39 is 10.0 Å². The predicted molar refractivity (Wildman–Crippen MR) is 118 cm³/mol. The van der Waals surface area contributed by atoms with E-state index >= 15 is 0 Å². The van der Waals surface area contributed by atoms with Crippen LogP contribution in [0.5, 0.6) is 0 Å². The molecule has 156 valence electrons. The van der Waals surface area contributed by atoms with Gasteiger partial charge in [-0.1, -0.05) is 54.6 Å². The third kappa shape index (κ3) is 4.25. The number of fused-ring (bicyclic) bond motifs is 1. The minimum Gasteiger partial charge on any atom is -0.349 e. The summed E-state index contributed by atoms with van der Waals surface area (Å²) < 4.78 is 27.0. The second-order valence-electron chi connectivity index (χ2n) is 7.83. The highest BCUT2D eigenvalue weighted by molar-refractivity contribution is 7.89. The number of nitrogens with zero attached hydrogens (tertiary/aromatic N) is 1. The molecule has 1 amide bonds. The Hall–Kier alpha value is -2.70. The Morgan fingerprint density at radius 1 is 0.933 bits per heavy atom. The van der Waals surface area contributed by atoms with E-state index in [0.717, 1.165) is 10.9 Å². The Morgan fingerprint density at radius 3 is 2.27 bits per heavy atom. The zero-order valence-electron chi connectivity index (χ0n) is 17.0. The lowest BCUT2D eigenvalue weighted by atomic mass is 9.96. The van der Waals surface area contributed by atoms with Crippen molar-refractivity contribution in [2.24, 2.45) is 5.92 Å². The highest BCUT2D eigenvalue weighted by Crippen LogP contribution is 2.25. The summed E-state index contributed by atoms with van der Waals surface area (Å²) in [6.45, 7) is 2.70. The predicted octanol–water partition coefficient (Wildman–Crippen LogP) is 4.12.